The molecule has 0 saturated carbocycles. The Bertz CT molecular complexity index is 830. The molecule has 3 aromatic rings. The summed E-state index contributed by atoms with van der Waals surface area (Å²) in [5.74, 6) is 0.819. The zero-order chi connectivity index (χ0) is 14.3. The lowest BCUT2D eigenvalue weighted by Gasteiger charge is -2.09. The fourth-order valence-electron chi connectivity index (χ4n) is 2.66. The highest BCUT2D eigenvalue weighted by Gasteiger charge is 2.13. The van der Waals surface area contributed by atoms with Gasteiger partial charge in [-0.05, 0) is 38.0 Å². The fourth-order valence-corrected chi connectivity index (χ4v) is 2.66. The molecule has 0 unspecified atom stereocenters. The SMILES string of the molecule is Cc1cc(C)c(-c2nnc3cc(C#N)ccn23)c(C)c1. The lowest BCUT2D eigenvalue weighted by atomic mass is 9.99. The van der Waals surface area contributed by atoms with E-state index < -0.39 is 0 Å². The number of nitriles is 1. The molecule has 2 heterocycles. The molecule has 0 aliphatic heterocycles. The van der Waals surface area contributed by atoms with E-state index in [1.54, 1.807) is 12.1 Å². The molecule has 0 amide bonds. The lowest BCUT2D eigenvalue weighted by molar-refractivity contribution is 1.10. The van der Waals surface area contributed by atoms with Gasteiger partial charge in [-0.15, -0.1) is 10.2 Å². The Hall–Kier alpha value is -2.67. The lowest BCUT2D eigenvalue weighted by Crippen LogP contribution is -1.95. The predicted octanol–water partition coefficient (Wildman–Crippen LogP) is 3.19. The highest BCUT2D eigenvalue weighted by Crippen LogP contribution is 2.27. The number of rotatable bonds is 1. The summed E-state index contributed by atoms with van der Waals surface area (Å²) in [5, 5.41) is 17.4. The van der Waals surface area contributed by atoms with Crippen molar-refractivity contribution in [2.75, 3.05) is 0 Å². The molecule has 98 valence electrons. The summed E-state index contributed by atoms with van der Waals surface area (Å²) < 4.78 is 1.92. The van der Waals surface area contributed by atoms with Crippen LogP contribution in [0.4, 0.5) is 0 Å². The minimum Gasteiger partial charge on any atom is -0.282 e. The first kappa shape index (κ1) is 12.4. The Morgan fingerprint density at radius 1 is 1.05 bits per heavy atom. The van der Waals surface area contributed by atoms with Crippen LogP contribution in [0.3, 0.4) is 0 Å². The number of benzene rings is 1. The van der Waals surface area contributed by atoms with Crippen molar-refractivity contribution in [3.05, 3.63) is 52.7 Å². The third-order valence-corrected chi connectivity index (χ3v) is 3.44. The van der Waals surface area contributed by atoms with E-state index in [-0.39, 0.29) is 0 Å². The molecule has 0 aliphatic carbocycles. The van der Waals surface area contributed by atoms with Gasteiger partial charge in [0.05, 0.1) is 11.6 Å². The number of aryl methyl sites for hydroxylation is 3. The molecule has 0 fully saturated rings. The normalized spacial score (nSPS) is 10.7. The van der Waals surface area contributed by atoms with Gasteiger partial charge in [0.1, 0.15) is 0 Å². The van der Waals surface area contributed by atoms with Crippen molar-refractivity contribution in [3.8, 4) is 17.5 Å². The van der Waals surface area contributed by atoms with E-state index in [1.165, 1.54) is 16.7 Å². The number of fused-ring (bicyclic) bond motifs is 1. The van der Waals surface area contributed by atoms with Crippen molar-refractivity contribution >= 4 is 5.65 Å². The molecule has 4 nitrogen and oxygen atoms in total. The van der Waals surface area contributed by atoms with Crippen LogP contribution >= 0.6 is 0 Å². The molecule has 20 heavy (non-hydrogen) atoms. The van der Waals surface area contributed by atoms with Crippen LogP contribution in [-0.4, -0.2) is 14.6 Å². The Morgan fingerprint density at radius 3 is 2.40 bits per heavy atom. The zero-order valence-corrected chi connectivity index (χ0v) is 11.7. The van der Waals surface area contributed by atoms with Crippen LogP contribution in [0.1, 0.15) is 22.3 Å². The number of hydrogen-bond acceptors (Lipinski definition) is 3. The predicted molar refractivity (Wildman–Crippen MR) is 77.3 cm³/mol. The largest absolute Gasteiger partial charge is 0.282 e. The molecular weight excluding hydrogens is 248 g/mol. The monoisotopic (exact) mass is 262 g/mol. The number of aromatic nitrogens is 3. The molecule has 0 spiro atoms. The first-order valence-electron chi connectivity index (χ1n) is 6.43. The summed E-state index contributed by atoms with van der Waals surface area (Å²) in [4.78, 5) is 0. The van der Waals surface area contributed by atoms with Gasteiger partial charge in [0.15, 0.2) is 11.5 Å². The number of nitrogens with zero attached hydrogens (tertiary/aromatic N) is 4. The molecule has 3 rings (SSSR count). The fraction of sp³-hybridized carbons (Fsp3) is 0.188. The van der Waals surface area contributed by atoms with Crippen LogP contribution in [0.5, 0.6) is 0 Å². The van der Waals surface area contributed by atoms with Crippen LogP contribution in [-0.2, 0) is 0 Å². The van der Waals surface area contributed by atoms with Crippen molar-refractivity contribution in [3.63, 3.8) is 0 Å². The molecule has 1 aromatic carbocycles. The quantitative estimate of drug-likeness (QED) is 0.676. The second-order valence-corrected chi connectivity index (χ2v) is 5.05. The van der Waals surface area contributed by atoms with Crippen LogP contribution < -0.4 is 0 Å². The van der Waals surface area contributed by atoms with Gasteiger partial charge in [-0.3, -0.25) is 4.40 Å². The maximum Gasteiger partial charge on any atom is 0.168 e. The van der Waals surface area contributed by atoms with E-state index in [2.05, 4.69) is 49.2 Å². The van der Waals surface area contributed by atoms with Crippen molar-refractivity contribution in [2.45, 2.75) is 20.8 Å². The summed E-state index contributed by atoms with van der Waals surface area (Å²) in [6, 6.07) is 9.93. The first-order valence-corrected chi connectivity index (χ1v) is 6.43. The third-order valence-electron chi connectivity index (χ3n) is 3.44. The molecule has 4 heteroatoms. The summed E-state index contributed by atoms with van der Waals surface area (Å²) >= 11 is 0. The average Bonchev–Trinajstić information content (AvgIpc) is 2.80. The molecule has 0 radical (unpaired) electrons. The third kappa shape index (κ3) is 1.84. The smallest absolute Gasteiger partial charge is 0.168 e. The van der Waals surface area contributed by atoms with Gasteiger partial charge in [-0.2, -0.15) is 5.26 Å². The highest BCUT2D eigenvalue weighted by molar-refractivity contribution is 5.68. The second kappa shape index (κ2) is 4.46. The van der Waals surface area contributed by atoms with Gasteiger partial charge in [0, 0.05) is 17.8 Å². The summed E-state index contributed by atoms with van der Waals surface area (Å²) in [7, 11) is 0. The minimum absolute atomic E-state index is 0.591. The Kier molecular flexibility index (Phi) is 2.76. The molecule has 0 bridgehead atoms. The molecule has 0 atom stereocenters. The topological polar surface area (TPSA) is 54.0 Å². The number of hydrogen-bond donors (Lipinski definition) is 0. The van der Waals surface area contributed by atoms with Crippen molar-refractivity contribution in [1.29, 1.82) is 5.26 Å². The summed E-state index contributed by atoms with van der Waals surface area (Å²) in [6.45, 7) is 6.25. The summed E-state index contributed by atoms with van der Waals surface area (Å²) in [5.41, 5.74) is 5.99. The van der Waals surface area contributed by atoms with Gasteiger partial charge in [-0.1, -0.05) is 17.7 Å². The van der Waals surface area contributed by atoms with E-state index in [0.29, 0.717) is 11.2 Å². The Balaban J connectivity index is 2.29. The van der Waals surface area contributed by atoms with E-state index in [4.69, 9.17) is 5.26 Å². The van der Waals surface area contributed by atoms with Crippen LogP contribution in [0.2, 0.25) is 0 Å². The van der Waals surface area contributed by atoms with Crippen LogP contribution in [0.25, 0.3) is 17.0 Å². The van der Waals surface area contributed by atoms with Gasteiger partial charge < -0.3 is 0 Å². The van der Waals surface area contributed by atoms with Crippen molar-refractivity contribution < 1.29 is 0 Å². The van der Waals surface area contributed by atoms with Crippen molar-refractivity contribution in [1.82, 2.24) is 14.6 Å². The van der Waals surface area contributed by atoms with Gasteiger partial charge in [0.25, 0.3) is 0 Å². The van der Waals surface area contributed by atoms with E-state index in [9.17, 15) is 0 Å². The molecule has 2 aromatic heterocycles. The van der Waals surface area contributed by atoms with Crippen molar-refractivity contribution in [2.24, 2.45) is 0 Å². The second-order valence-electron chi connectivity index (χ2n) is 5.05. The zero-order valence-electron chi connectivity index (χ0n) is 11.7. The standard InChI is InChI=1S/C16H14N4/c1-10-6-11(2)15(12(3)7-10)16-19-18-14-8-13(9-17)4-5-20(14)16/h4-8H,1-3H3. The Labute approximate surface area is 117 Å². The molecule has 0 aliphatic rings. The number of pyridine rings is 1. The van der Waals surface area contributed by atoms with E-state index in [1.807, 2.05) is 10.6 Å². The highest BCUT2D eigenvalue weighted by atomic mass is 15.2. The van der Waals surface area contributed by atoms with Gasteiger partial charge >= 0.3 is 0 Å². The van der Waals surface area contributed by atoms with Crippen LogP contribution in [0, 0.1) is 32.1 Å². The maximum atomic E-state index is 8.93. The van der Waals surface area contributed by atoms with Crippen LogP contribution in [0.15, 0.2) is 30.5 Å². The first-order chi connectivity index (χ1) is 9.60. The van der Waals surface area contributed by atoms with Gasteiger partial charge in [-0.25, -0.2) is 0 Å². The minimum atomic E-state index is 0.591. The van der Waals surface area contributed by atoms with Gasteiger partial charge in [0.2, 0.25) is 0 Å². The van der Waals surface area contributed by atoms with E-state index in [0.717, 1.165) is 11.4 Å². The molecule has 0 saturated heterocycles. The molecular formula is C16H14N4. The summed E-state index contributed by atoms with van der Waals surface area (Å²) in [6.07, 6.45) is 1.85. The Morgan fingerprint density at radius 2 is 1.75 bits per heavy atom. The molecule has 0 N–H and O–H groups in total. The van der Waals surface area contributed by atoms with E-state index >= 15 is 0 Å². The maximum absolute atomic E-state index is 8.93. The average molecular weight is 262 g/mol.